The van der Waals surface area contributed by atoms with Crippen LogP contribution in [0.2, 0.25) is 0 Å². The van der Waals surface area contributed by atoms with Crippen LogP contribution in [0.3, 0.4) is 0 Å². The number of carbonyl (C=O) groups is 2. The largest absolute Gasteiger partial charge is 0.481 e. The summed E-state index contributed by atoms with van der Waals surface area (Å²) in [5, 5.41) is 12.5. The van der Waals surface area contributed by atoms with Gasteiger partial charge < -0.3 is 19.7 Å². The highest BCUT2D eigenvalue weighted by Gasteiger charge is 2.40. The highest BCUT2D eigenvalue weighted by Crippen LogP contribution is 2.30. The van der Waals surface area contributed by atoms with E-state index in [9.17, 15) is 14.7 Å². The van der Waals surface area contributed by atoms with Gasteiger partial charge in [-0.15, -0.1) is 0 Å². The Kier molecular flexibility index (Phi) is 5.65. The van der Waals surface area contributed by atoms with Crippen LogP contribution in [0.25, 0.3) is 0 Å². The molecule has 0 aliphatic carbocycles. The van der Waals surface area contributed by atoms with Gasteiger partial charge in [0.1, 0.15) is 0 Å². The Hall–Kier alpha value is -2.60. The third-order valence-electron chi connectivity index (χ3n) is 5.49. The molecule has 2 N–H and O–H groups in total. The van der Waals surface area contributed by atoms with E-state index in [1.807, 2.05) is 38.1 Å². The van der Waals surface area contributed by atoms with Gasteiger partial charge in [-0.05, 0) is 38.3 Å². The number of carboxylic acid groups (broad SMARTS) is 1. The second-order valence-electron chi connectivity index (χ2n) is 7.24. The van der Waals surface area contributed by atoms with Gasteiger partial charge in [0.15, 0.2) is 0 Å². The number of hydrogen-bond acceptors (Lipinski definition) is 3. The SMILES string of the molecule is Cc1cc(C(=O)NCC2(C(=O)O)CCOCC2)c(C)n1Cc1ccccc1. The summed E-state index contributed by atoms with van der Waals surface area (Å²) in [6.07, 6.45) is 0.825. The number of aromatic nitrogens is 1. The van der Waals surface area contributed by atoms with Crippen LogP contribution in [0.15, 0.2) is 36.4 Å². The lowest BCUT2D eigenvalue weighted by molar-refractivity contribution is -0.154. The molecule has 1 saturated heterocycles. The minimum absolute atomic E-state index is 0.118. The molecule has 1 aliphatic rings. The molecule has 0 bridgehead atoms. The quantitative estimate of drug-likeness (QED) is 0.819. The number of amides is 1. The van der Waals surface area contributed by atoms with Crippen molar-refractivity contribution in [2.45, 2.75) is 33.2 Å². The van der Waals surface area contributed by atoms with E-state index in [1.165, 1.54) is 5.56 Å². The molecule has 2 heterocycles. The Morgan fingerprint density at radius 3 is 2.48 bits per heavy atom. The second kappa shape index (κ2) is 7.96. The molecule has 1 fully saturated rings. The van der Waals surface area contributed by atoms with Gasteiger partial charge in [-0.25, -0.2) is 0 Å². The number of benzene rings is 1. The molecule has 144 valence electrons. The maximum atomic E-state index is 12.7. The van der Waals surface area contributed by atoms with E-state index in [0.29, 0.717) is 38.2 Å². The number of nitrogens with one attached hydrogen (secondary N) is 1. The Bertz CT molecular complexity index is 820. The zero-order valence-electron chi connectivity index (χ0n) is 15.8. The maximum absolute atomic E-state index is 12.7. The number of aryl methyl sites for hydroxylation is 1. The third kappa shape index (κ3) is 4.06. The van der Waals surface area contributed by atoms with Gasteiger partial charge in [0, 0.05) is 37.7 Å². The summed E-state index contributed by atoms with van der Waals surface area (Å²) in [5.74, 6) is -1.10. The van der Waals surface area contributed by atoms with E-state index in [-0.39, 0.29) is 12.5 Å². The molecule has 0 atom stereocenters. The summed E-state index contributed by atoms with van der Waals surface area (Å²) >= 11 is 0. The van der Waals surface area contributed by atoms with Crippen molar-refractivity contribution in [2.75, 3.05) is 19.8 Å². The number of nitrogens with zero attached hydrogens (tertiary/aromatic N) is 1. The normalized spacial score (nSPS) is 16.1. The van der Waals surface area contributed by atoms with Gasteiger partial charge in [0.25, 0.3) is 5.91 Å². The van der Waals surface area contributed by atoms with Gasteiger partial charge in [-0.1, -0.05) is 30.3 Å². The fraction of sp³-hybridized carbons (Fsp3) is 0.429. The van der Waals surface area contributed by atoms with E-state index in [0.717, 1.165) is 11.4 Å². The van der Waals surface area contributed by atoms with Crippen molar-refractivity contribution in [1.82, 2.24) is 9.88 Å². The van der Waals surface area contributed by atoms with Gasteiger partial charge in [0.2, 0.25) is 0 Å². The molecule has 1 aromatic carbocycles. The van der Waals surface area contributed by atoms with E-state index in [1.54, 1.807) is 0 Å². The Morgan fingerprint density at radius 1 is 1.19 bits per heavy atom. The molecule has 6 nitrogen and oxygen atoms in total. The van der Waals surface area contributed by atoms with E-state index in [2.05, 4.69) is 22.0 Å². The predicted octanol–water partition coefficient (Wildman–Crippen LogP) is 2.76. The smallest absolute Gasteiger partial charge is 0.311 e. The minimum atomic E-state index is -0.941. The molecule has 1 aliphatic heterocycles. The zero-order chi connectivity index (χ0) is 19.4. The Morgan fingerprint density at radius 2 is 1.85 bits per heavy atom. The molecule has 27 heavy (non-hydrogen) atoms. The first-order valence-corrected chi connectivity index (χ1v) is 9.23. The van der Waals surface area contributed by atoms with Crippen LogP contribution in [0, 0.1) is 19.3 Å². The van der Waals surface area contributed by atoms with E-state index >= 15 is 0 Å². The highest BCUT2D eigenvalue weighted by atomic mass is 16.5. The number of carboxylic acids is 1. The van der Waals surface area contributed by atoms with Crippen LogP contribution in [-0.2, 0) is 16.1 Å². The highest BCUT2D eigenvalue weighted by molar-refractivity contribution is 5.96. The lowest BCUT2D eigenvalue weighted by atomic mass is 9.80. The molecule has 0 radical (unpaired) electrons. The molecule has 2 aromatic rings. The predicted molar refractivity (Wildman–Crippen MR) is 102 cm³/mol. The van der Waals surface area contributed by atoms with Crippen LogP contribution in [-0.4, -0.2) is 41.3 Å². The lowest BCUT2D eigenvalue weighted by Gasteiger charge is -2.33. The number of hydrogen-bond donors (Lipinski definition) is 2. The maximum Gasteiger partial charge on any atom is 0.311 e. The number of carbonyl (C=O) groups excluding carboxylic acids is 1. The summed E-state index contributed by atoms with van der Waals surface area (Å²) in [6, 6.07) is 11.9. The summed E-state index contributed by atoms with van der Waals surface area (Å²) in [7, 11) is 0. The van der Waals surface area contributed by atoms with Crippen molar-refractivity contribution in [3.8, 4) is 0 Å². The minimum Gasteiger partial charge on any atom is -0.481 e. The van der Waals surface area contributed by atoms with E-state index in [4.69, 9.17) is 4.74 Å². The fourth-order valence-electron chi connectivity index (χ4n) is 3.61. The Labute approximate surface area is 159 Å². The van der Waals surface area contributed by atoms with Crippen LogP contribution in [0.4, 0.5) is 0 Å². The summed E-state index contributed by atoms with van der Waals surface area (Å²) in [6.45, 7) is 5.53. The molecule has 0 unspecified atom stereocenters. The van der Waals surface area contributed by atoms with Gasteiger partial charge in [-0.3, -0.25) is 9.59 Å². The first-order valence-electron chi connectivity index (χ1n) is 9.23. The van der Waals surface area contributed by atoms with Crippen molar-refractivity contribution >= 4 is 11.9 Å². The average Bonchev–Trinajstić information content (AvgIpc) is 2.96. The van der Waals surface area contributed by atoms with Crippen molar-refractivity contribution in [1.29, 1.82) is 0 Å². The molecule has 0 saturated carbocycles. The van der Waals surface area contributed by atoms with Crippen molar-refractivity contribution < 1.29 is 19.4 Å². The third-order valence-corrected chi connectivity index (χ3v) is 5.49. The summed E-state index contributed by atoms with van der Waals surface area (Å²) < 4.78 is 7.38. The Balaban J connectivity index is 1.73. The zero-order valence-corrected chi connectivity index (χ0v) is 15.8. The van der Waals surface area contributed by atoms with Gasteiger partial charge >= 0.3 is 5.97 Å². The molecule has 1 aromatic heterocycles. The average molecular weight is 370 g/mol. The number of aliphatic carboxylic acids is 1. The number of ether oxygens (including phenoxy) is 1. The summed E-state index contributed by atoms with van der Waals surface area (Å²) in [4.78, 5) is 24.5. The molecular formula is C21H26N2O4. The van der Waals surface area contributed by atoms with Crippen molar-refractivity contribution in [3.05, 3.63) is 58.9 Å². The van der Waals surface area contributed by atoms with Crippen LogP contribution in [0.5, 0.6) is 0 Å². The topological polar surface area (TPSA) is 80.6 Å². The second-order valence-corrected chi connectivity index (χ2v) is 7.24. The molecule has 6 heteroatoms. The molecule has 0 spiro atoms. The standard InChI is InChI=1S/C21H26N2O4/c1-15-12-18(16(2)23(15)13-17-6-4-3-5-7-17)19(24)22-14-21(20(25)26)8-10-27-11-9-21/h3-7,12H,8-11,13-14H2,1-2H3,(H,22,24)(H,25,26). The van der Waals surface area contributed by atoms with Crippen molar-refractivity contribution in [2.24, 2.45) is 5.41 Å². The van der Waals surface area contributed by atoms with E-state index < -0.39 is 11.4 Å². The lowest BCUT2D eigenvalue weighted by Crippen LogP contribution is -2.46. The molecule has 1 amide bonds. The van der Waals surface area contributed by atoms with Crippen LogP contribution in [0.1, 0.15) is 40.2 Å². The number of rotatable bonds is 6. The summed E-state index contributed by atoms with van der Waals surface area (Å²) in [5.41, 5.74) is 2.70. The van der Waals surface area contributed by atoms with Gasteiger partial charge in [0.05, 0.1) is 11.0 Å². The van der Waals surface area contributed by atoms with Crippen LogP contribution >= 0.6 is 0 Å². The first kappa shape index (κ1) is 19.2. The monoisotopic (exact) mass is 370 g/mol. The molecule has 3 rings (SSSR count). The van der Waals surface area contributed by atoms with Crippen LogP contribution < -0.4 is 5.32 Å². The van der Waals surface area contributed by atoms with Gasteiger partial charge in [-0.2, -0.15) is 0 Å². The fourth-order valence-corrected chi connectivity index (χ4v) is 3.61. The van der Waals surface area contributed by atoms with Crippen molar-refractivity contribution in [3.63, 3.8) is 0 Å². The first-order chi connectivity index (χ1) is 12.9. The molecular weight excluding hydrogens is 344 g/mol.